The van der Waals surface area contributed by atoms with Crippen LogP contribution in [0.4, 0.5) is 8.78 Å². The zero-order chi connectivity index (χ0) is 16.8. The van der Waals surface area contributed by atoms with Gasteiger partial charge in [-0.1, -0.05) is 24.3 Å². The van der Waals surface area contributed by atoms with Gasteiger partial charge in [-0.15, -0.1) is 12.4 Å². The maximum Gasteiger partial charge on any atom is 0.131 e. The molecular formula is C19H24ClF2NO. The summed E-state index contributed by atoms with van der Waals surface area (Å²) in [5.41, 5.74) is 3.62. The van der Waals surface area contributed by atoms with E-state index in [-0.39, 0.29) is 30.5 Å². The first-order valence-electron chi connectivity index (χ1n) is 7.76. The van der Waals surface area contributed by atoms with E-state index in [0.29, 0.717) is 6.61 Å². The molecule has 1 N–H and O–H groups in total. The maximum absolute atomic E-state index is 13.6. The highest BCUT2D eigenvalue weighted by Gasteiger charge is 2.17. The van der Waals surface area contributed by atoms with Gasteiger partial charge in [0.15, 0.2) is 0 Å². The molecule has 1 atom stereocenters. The van der Waals surface area contributed by atoms with Crippen molar-refractivity contribution >= 4 is 12.4 Å². The zero-order valence-electron chi connectivity index (χ0n) is 14.2. The van der Waals surface area contributed by atoms with Crippen molar-refractivity contribution in [1.29, 1.82) is 0 Å². The van der Waals surface area contributed by atoms with E-state index in [2.05, 4.69) is 31.3 Å². The van der Waals surface area contributed by atoms with E-state index >= 15 is 0 Å². The molecule has 0 fully saturated rings. The van der Waals surface area contributed by atoms with Crippen molar-refractivity contribution in [3.63, 3.8) is 0 Å². The zero-order valence-corrected chi connectivity index (χ0v) is 15.1. The van der Waals surface area contributed by atoms with Gasteiger partial charge >= 0.3 is 0 Å². The summed E-state index contributed by atoms with van der Waals surface area (Å²) in [5.74, 6) is -1.000. The van der Waals surface area contributed by atoms with Crippen molar-refractivity contribution in [2.45, 2.75) is 26.4 Å². The van der Waals surface area contributed by atoms with Crippen molar-refractivity contribution in [2.75, 3.05) is 20.2 Å². The summed E-state index contributed by atoms with van der Waals surface area (Å²) >= 11 is 0. The third-order valence-corrected chi connectivity index (χ3v) is 4.03. The molecule has 5 heteroatoms. The van der Waals surface area contributed by atoms with Crippen LogP contribution < -0.4 is 5.32 Å². The molecule has 0 bridgehead atoms. The van der Waals surface area contributed by atoms with Gasteiger partial charge < -0.3 is 10.1 Å². The highest BCUT2D eigenvalue weighted by molar-refractivity contribution is 5.85. The van der Waals surface area contributed by atoms with Gasteiger partial charge in [0, 0.05) is 18.0 Å². The molecule has 0 radical (unpaired) electrons. The number of nitrogens with one attached hydrogen (secondary N) is 1. The quantitative estimate of drug-likeness (QED) is 0.788. The Balaban J connectivity index is 0.00000288. The molecule has 24 heavy (non-hydrogen) atoms. The first-order valence-corrected chi connectivity index (χ1v) is 7.76. The van der Waals surface area contributed by atoms with Crippen LogP contribution in [0, 0.1) is 25.5 Å². The molecular weight excluding hydrogens is 332 g/mol. The van der Waals surface area contributed by atoms with Crippen LogP contribution in [0.2, 0.25) is 0 Å². The number of aryl methyl sites for hydroxylation is 2. The summed E-state index contributed by atoms with van der Waals surface area (Å²) in [4.78, 5) is 0. The lowest BCUT2D eigenvalue weighted by molar-refractivity contribution is 0.102. The number of rotatable bonds is 7. The largest absolute Gasteiger partial charge is 0.376 e. The Morgan fingerprint density at radius 2 is 1.54 bits per heavy atom. The van der Waals surface area contributed by atoms with Crippen LogP contribution in [0.1, 0.15) is 28.2 Å². The van der Waals surface area contributed by atoms with Crippen molar-refractivity contribution in [3.8, 4) is 0 Å². The van der Waals surface area contributed by atoms with Crippen molar-refractivity contribution in [2.24, 2.45) is 0 Å². The van der Waals surface area contributed by atoms with E-state index in [9.17, 15) is 8.78 Å². The van der Waals surface area contributed by atoms with Gasteiger partial charge in [0.25, 0.3) is 0 Å². The minimum absolute atomic E-state index is 0. The minimum atomic E-state index is -0.567. The molecule has 2 aromatic rings. The number of benzene rings is 2. The Labute approximate surface area is 148 Å². The molecule has 0 aromatic heterocycles. The molecule has 1 unspecified atom stereocenters. The van der Waals surface area contributed by atoms with Crippen LogP contribution in [0.5, 0.6) is 0 Å². The summed E-state index contributed by atoms with van der Waals surface area (Å²) in [7, 11) is 1.89. The highest BCUT2D eigenvalue weighted by Crippen LogP contribution is 2.24. The van der Waals surface area contributed by atoms with Crippen LogP contribution in [-0.2, 0) is 11.3 Å². The number of hydrogen-bond donors (Lipinski definition) is 1. The lowest BCUT2D eigenvalue weighted by Gasteiger charge is -2.21. The minimum Gasteiger partial charge on any atom is -0.376 e. The Morgan fingerprint density at radius 1 is 1.00 bits per heavy atom. The SMILES string of the molecule is CNCC(COCc1c(F)cccc1F)c1c(C)cccc1C.Cl. The third-order valence-electron chi connectivity index (χ3n) is 4.03. The summed E-state index contributed by atoms with van der Waals surface area (Å²) in [5, 5.41) is 3.16. The maximum atomic E-state index is 13.6. The Morgan fingerprint density at radius 3 is 2.08 bits per heavy atom. The van der Waals surface area contributed by atoms with E-state index in [1.54, 1.807) is 0 Å². The van der Waals surface area contributed by atoms with Crippen molar-refractivity contribution < 1.29 is 13.5 Å². The summed E-state index contributed by atoms with van der Waals surface area (Å²) in [6, 6.07) is 10.0. The van der Waals surface area contributed by atoms with Gasteiger partial charge in [0.05, 0.1) is 13.2 Å². The first-order chi connectivity index (χ1) is 11.0. The van der Waals surface area contributed by atoms with Gasteiger partial charge in [-0.3, -0.25) is 0 Å². The van der Waals surface area contributed by atoms with Gasteiger partial charge in [0.2, 0.25) is 0 Å². The van der Waals surface area contributed by atoms with E-state index in [1.165, 1.54) is 34.9 Å². The number of likely N-dealkylation sites (N-methyl/N-ethyl adjacent to an activating group) is 1. The predicted molar refractivity (Wildman–Crippen MR) is 95.8 cm³/mol. The second kappa shape index (κ2) is 9.72. The third kappa shape index (κ3) is 5.00. The molecule has 0 aliphatic rings. The average Bonchev–Trinajstić information content (AvgIpc) is 2.50. The summed E-state index contributed by atoms with van der Waals surface area (Å²) in [6.45, 7) is 5.22. The summed E-state index contributed by atoms with van der Waals surface area (Å²) < 4.78 is 32.9. The van der Waals surface area contributed by atoms with Gasteiger partial charge in [-0.2, -0.15) is 0 Å². The molecule has 0 amide bonds. The van der Waals surface area contributed by atoms with Crippen LogP contribution >= 0.6 is 12.4 Å². The standard InChI is InChI=1S/C19H23F2NO.ClH/c1-13-6-4-7-14(2)19(13)15(10-22-3)11-23-12-16-17(20)8-5-9-18(16)21;/h4-9,15,22H,10-12H2,1-3H3;1H. The molecule has 0 spiro atoms. The van der Waals surface area contributed by atoms with E-state index in [0.717, 1.165) is 6.54 Å². The Bertz CT molecular complexity index is 623. The van der Waals surface area contributed by atoms with Gasteiger partial charge in [-0.05, 0) is 49.7 Å². The van der Waals surface area contributed by atoms with Crippen LogP contribution in [0.15, 0.2) is 36.4 Å². The normalized spacial score (nSPS) is 11.9. The van der Waals surface area contributed by atoms with Gasteiger partial charge in [-0.25, -0.2) is 8.78 Å². The predicted octanol–water partition coefficient (Wildman–Crippen LogP) is 4.52. The number of hydrogen-bond acceptors (Lipinski definition) is 2. The topological polar surface area (TPSA) is 21.3 Å². The molecule has 2 aromatic carbocycles. The fourth-order valence-electron chi connectivity index (χ4n) is 2.94. The van der Waals surface area contributed by atoms with Crippen LogP contribution in [0.3, 0.4) is 0 Å². The molecule has 132 valence electrons. The lowest BCUT2D eigenvalue weighted by Crippen LogP contribution is -2.23. The smallest absolute Gasteiger partial charge is 0.131 e. The van der Waals surface area contributed by atoms with E-state index in [4.69, 9.17) is 4.74 Å². The fraction of sp³-hybridized carbons (Fsp3) is 0.368. The molecule has 0 saturated heterocycles. The highest BCUT2D eigenvalue weighted by atomic mass is 35.5. The van der Waals surface area contributed by atoms with Crippen molar-refractivity contribution in [3.05, 3.63) is 70.3 Å². The molecule has 0 saturated carbocycles. The lowest BCUT2D eigenvalue weighted by atomic mass is 9.91. The van der Waals surface area contributed by atoms with Gasteiger partial charge in [0.1, 0.15) is 11.6 Å². The Kier molecular flexibility index (Phi) is 8.32. The first kappa shape index (κ1) is 20.6. The average molecular weight is 356 g/mol. The second-order valence-electron chi connectivity index (χ2n) is 5.78. The molecule has 0 aliphatic carbocycles. The molecule has 2 nitrogen and oxygen atoms in total. The molecule has 0 heterocycles. The molecule has 0 aliphatic heterocycles. The molecule has 2 rings (SSSR count). The van der Waals surface area contributed by atoms with E-state index in [1.807, 2.05) is 13.1 Å². The summed E-state index contributed by atoms with van der Waals surface area (Å²) in [6.07, 6.45) is 0. The van der Waals surface area contributed by atoms with Crippen molar-refractivity contribution in [1.82, 2.24) is 5.32 Å². The number of ether oxygens (including phenoxy) is 1. The van der Waals surface area contributed by atoms with E-state index < -0.39 is 11.6 Å². The number of halogens is 3. The Hall–Kier alpha value is -1.49. The fourth-order valence-corrected chi connectivity index (χ4v) is 2.94. The monoisotopic (exact) mass is 355 g/mol. The second-order valence-corrected chi connectivity index (χ2v) is 5.78. The van der Waals surface area contributed by atoms with Crippen LogP contribution in [-0.4, -0.2) is 20.2 Å². The van der Waals surface area contributed by atoms with Crippen LogP contribution in [0.25, 0.3) is 0 Å².